The molecule has 0 radical (unpaired) electrons. The molecule has 3 heterocycles. The molecular formula is C12H14ClFN4O. The van der Waals surface area contributed by atoms with Crippen LogP contribution in [0.2, 0.25) is 5.15 Å². The zero-order chi connectivity index (χ0) is 13.4. The largest absolute Gasteiger partial charge is 0.381 e. The standard InChI is InChI=1S/C12H14ClFN4O/c1-7(8-2-4-19-5-3-8)18-12-10(11(14)17-18)15-6-9(13)16-12/h6-8H,2-5H2,1H3/t7-/m0/s1. The first-order chi connectivity index (χ1) is 9.16. The maximum Gasteiger partial charge on any atom is 0.260 e. The van der Waals surface area contributed by atoms with Gasteiger partial charge in [0.2, 0.25) is 0 Å². The van der Waals surface area contributed by atoms with E-state index in [1.165, 1.54) is 6.20 Å². The first-order valence-electron chi connectivity index (χ1n) is 6.31. The third kappa shape index (κ3) is 2.30. The second-order valence-electron chi connectivity index (χ2n) is 4.79. The van der Waals surface area contributed by atoms with Gasteiger partial charge in [0, 0.05) is 13.2 Å². The molecular weight excluding hydrogens is 271 g/mol. The molecule has 0 bridgehead atoms. The molecule has 2 aromatic rings. The van der Waals surface area contributed by atoms with Crippen LogP contribution >= 0.6 is 11.6 Å². The van der Waals surface area contributed by atoms with Crippen molar-refractivity contribution in [2.24, 2.45) is 5.92 Å². The Morgan fingerprint density at radius 1 is 1.47 bits per heavy atom. The van der Waals surface area contributed by atoms with Gasteiger partial charge in [-0.05, 0) is 25.7 Å². The lowest BCUT2D eigenvalue weighted by atomic mass is 9.93. The van der Waals surface area contributed by atoms with Gasteiger partial charge in [-0.2, -0.15) is 4.39 Å². The number of nitrogens with zero attached hydrogens (tertiary/aromatic N) is 4. The van der Waals surface area contributed by atoms with E-state index in [0.29, 0.717) is 11.6 Å². The van der Waals surface area contributed by atoms with Crippen LogP contribution in [0.5, 0.6) is 0 Å². The lowest BCUT2D eigenvalue weighted by Crippen LogP contribution is -2.25. The van der Waals surface area contributed by atoms with Gasteiger partial charge >= 0.3 is 0 Å². The lowest BCUT2D eigenvalue weighted by molar-refractivity contribution is 0.0499. The van der Waals surface area contributed by atoms with Gasteiger partial charge in [0.1, 0.15) is 5.15 Å². The molecule has 1 saturated heterocycles. The number of hydrogen-bond acceptors (Lipinski definition) is 4. The second kappa shape index (κ2) is 5.02. The van der Waals surface area contributed by atoms with Gasteiger partial charge in [-0.1, -0.05) is 11.6 Å². The highest BCUT2D eigenvalue weighted by atomic mass is 35.5. The minimum Gasteiger partial charge on any atom is -0.381 e. The van der Waals surface area contributed by atoms with Crippen molar-refractivity contribution in [1.29, 1.82) is 0 Å². The monoisotopic (exact) mass is 284 g/mol. The maximum absolute atomic E-state index is 13.8. The average molecular weight is 285 g/mol. The summed E-state index contributed by atoms with van der Waals surface area (Å²) < 4.78 is 20.7. The summed E-state index contributed by atoms with van der Waals surface area (Å²) in [7, 11) is 0. The van der Waals surface area contributed by atoms with Crippen molar-refractivity contribution in [3.8, 4) is 0 Å². The predicted octanol–water partition coefficient (Wildman–Crippen LogP) is 2.61. The number of fused-ring (bicyclic) bond motifs is 1. The minimum absolute atomic E-state index is 0.0451. The Balaban J connectivity index is 2.01. The van der Waals surface area contributed by atoms with Crippen LogP contribution in [0.4, 0.5) is 4.39 Å². The molecule has 3 rings (SSSR count). The minimum atomic E-state index is -0.599. The maximum atomic E-state index is 13.8. The molecule has 7 heteroatoms. The van der Waals surface area contributed by atoms with E-state index in [0.717, 1.165) is 26.1 Å². The predicted molar refractivity (Wildman–Crippen MR) is 68.5 cm³/mol. The van der Waals surface area contributed by atoms with Crippen LogP contribution in [0.25, 0.3) is 11.2 Å². The van der Waals surface area contributed by atoms with Crippen molar-refractivity contribution in [1.82, 2.24) is 19.7 Å². The highest BCUT2D eigenvalue weighted by Gasteiger charge is 2.26. The molecule has 0 aromatic carbocycles. The Hall–Kier alpha value is -1.27. The summed E-state index contributed by atoms with van der Waals surface area (Å²) in [5.41, 5.74) is 0.576. The van der Waals surface area contributed by atoms with E-state index in [1.54, 1.807) is 4.68 Å². The summed E-state index contributed by atoms with van der Waals surface area (Å²) >= 11 is 5.83. The van der Waals surface area contributed by atoms with Gasteiger partial charge < -0.3 is 4.74 Å². The normalized spacial score (nSPS) is 18.9. The number of ether oxygens (including phenoxy) is 1. The van der Waals surface area contributed by atoms with Crippen molar-refractivity contribution in [3.63, 3.8) is 0 Å². The van der Waals surface area contributed by atoms with Crippen molar-refractivity contribution in [2.45, 2.75) is 25.8 Å². The summed E-state index contributed by atoms with van der Waals surface area (Å²) in [4.78, 5) is 8.10. The van der Waals surface area contributed by atoms with Crippen molar-refractivity contribution >= 4 is 22.8 Å². The molecule has 0 unspecified atom stereocenters. The molecule has 2 aromatic heterocycles. The zero-order valence-electron chi connectivity index (χ0n) is 10.5. The van der Waals surface area contributed by atoms with Crippen molar-refractivity contribution in [3.05, 3.63) is 17.3 Å². The van der Waals surface area contributed by atoms with Gasteiger partial charge in [0.25, 0.3) is 5.95 Å². The van der Waals surface area contributed by atoms with Crippen molar-refractivity contribution < 1.29 is 9.13 Å². The first kappa shape index (κ1) is 12.7. The third-order valence-electron chi connectivity index (χ3n) is 3.67. The number of aromatic nitrogens is 4. The van der Waals surface area contributed by atoms with Crippen LogP contribution in [-0.4, -0.2) is 33.0 Å². The summed E-state index contributed by atoms with van der Waals surface area (Å²) in [5, 5.41) is 4.17. The van der Waals surface area contributed by atoms with Crippen molar-refractivity contribution in [2.75, 3.05) is 13.2 Å². The van der Waals surface area contributed by atoms with Crippen LogP contribution in [-0.2, 0) is 4.74 Å². The van der Waals surface area contributed by atoms with Gasteiger partial charge in [0.15, 0.2) is 11.2 Å². The van der Waals surface area contributed by atoms with Gasteiger partial charge in [-0.25, -0.2) is 14.6 Å². The fourth-order valence-corrected chi connectivity index (χ4v) is 2.66. The molecule has 5 nitrogen and oxygen atoms in total. The molecule has 19 heavy (non-hydrogen) atoms. The van der Waals surface area contributed by atoms with E-state index < -0.39 is 5.95 Å². The Morgan fingerprint density at radius 3 is 2.95 bits per heavy atom. The van der Waals surface area contributed by atoms with E-state index in [1.807, 2.05) is 6.92 Å². The van der Waals surface area contributed by atoms with E-state index in [4.69, 9.17) is 16.3 Å². The zero-order valence-corrected chi connectivity index (χ0v) is 11.3. The highest BCUT2D eigenvalue weighted by Crippen LogP contribution is 2.29. The molecule has 102 valence electrons. The second-order valence-corrected chi connectivity index (χ2v) is 5.18. The molecule has 1 aliphatic rings. The summed E-state index contributed by atoms with van der Waals surface area (Å²) in [6.07, 6.45) is 3.22. The SMILES string of the molecule is C[C@@H](C1CCOCC1)n1nc(F)c2ncc(Cl)nc21. The van der Waals surface area contributed by atoms with Crippen LogP contribution < -0.4 is 0 Å². The number of hydrogen-bond donors (Lipinski definition) is 0. The Labute approximate surface area is 114 Å². The molecule has 1 aliphatic heterocycles. The van der Waals surface area contributed by atoms with Crippen LogP contribution in [0.3, 0.4) is 0 Å². The quantitative estimate of drug-likeness (QED) is 0.851. The molecule has 0 amide bonds. The topological polar surface area (TPSA) is 52.8 Å². The number of halogens is 2. The Kier molecular flexibility index (Phi) is 3.36. The van der Waals surface area contributed by atoms with E-state index >= 15 is 0 Å². The van der Waals surface area contributed by atoms with Gasteiger partial charge in [0.05, 0.1) is 12.2 Å². The van der Waals surface area contributed by atoms with Crippen LogP contribution in [0, 0.1) is 11.9 Å². The Morgan fingerprint density at radius 2 is 2.21 bits per heavy atom. The molecule has 0 N–H and O–H groups in total. The van der Waals surface area contributed by atoms with E-state index in [2.05, 4.69) is 15.1 Å². The fraction of sp³-hybridized carbons (Fsp3) is 0.583. The highest BCUT2D eigenvalue weighted by molar-refractivity contribution is 6.29. The summed E-state index contributed by atoms with van der Waals surface area (Å²) in [6, 6.07) is 0.0451. The fourth-order valence-electron chi connectivity index (χ4n) is 2.53. The molecule has 0 spiro atoms. The third-order valence-corrected chi connectivity index (χ3v) is 3.85. The van der Waals surface area contributed by atoms with Crippen LogP contribution in [0.15, 0.2) is 6.20 Å². The molecule has 1 fully saturated rings. The van der Waals surface area contributed by atoms with E-state index in [9.17, 15) is 4.39 Å². The summed E-state index contributed by atoms with van der Waals surface area (Å²) in [6.45, 7) is 3.50. The molecule has 0 aliphatic carbocycles. The van der Waals surface area contributed by atoms with E-state index in [-0.39, 0.29) is 16.7 Å². The van der Waals surface area contributed by atoms with Gasteiger partial charge in [-0.15, -0.1) is 5.10 Å². The molecule has 1 atom stereocenters. The molecule has 0 saturated carbocycles. The Bertz CT molecular complexity index is 597. The lowest BCUT2D eigenvalue weighted by Gasteiger charge is -2.27. The number of rotatable bonds is 2. The smallest absolute Gasteiger partial charge is 0.260 e. The van der Waals surface area contributed by atoms with Crippen LogP contribution in [0.1, 0.15) is 25.8 Å². The summed E-state index contributed by atoms with van der Waals surface area (Å²) in [5.74, 6) is -0.199. The van der Waals surface area contributed by atoms with Gasteiger partial charge in [-0.3, -0.25) is 0 Å². The average Bonchev–Trinajstić information content (AvgIpc) is 2.75. The first-order valence-corrected chi connectivity index (χ1v) is 6.68.